The largest absolute Gasteiger partial charge is 0.481 e. The van der Waals surface area contributed by atoms with Crippen LogP contribution < -0.4 is 5.32 Å². The van der Waals surface area contributed by atoms with Crippen LogP contribution in [0.1, 0.15) is 64.7 Å². The summed E-state index contributed by atoms with van der Waals surface area (Å²) in [5.74, 6) is -0.196. The molecule has 1 aliphatic carbocycles. The molecule has 1 saturated carbocycles. The molecule has 0 aromatic heterocycles. The molecule has 0 aliphatic heterocycles. The molecule has 18 heavy (non-hydrogen) atoms. The predicted octanol–water partition coefficient (Wildman–Crippen LogP) is 2.72. The lowest BCUT2D eigenvalue weighted by molar-refractivity contribution is -0.137. The Kier molecular flexibility index (Phi) is 6.76. The maximum atomic E-state index is 11.8. The van der Waals surface area contributed by atoms with Crippen molar-refractivity contribution in [3.05, 3.63) is 0 Å². The van der Waals surface area contributed by atoms with Gasteiger partial charge in [-0.05, 0) is 32.1 Å². The molecule has 0 radical (unpaired) electrons. The van der Waals surface area contributed by atoms with Crippen LogP contribution in [0.3, 0.4) is 0 Å². The lowest BCUT2D eigenvalue weighted by Crippen LogP contribution is -2.34. The van der Waals surface area contributed by atoms with Crippen LogP contribution in [-0.2, 0) is 9.59 Å². The van der Waals surface area contributed by atoms with Gasteiger partial charge >= 0.3 is 5.97 Å². The third kappa shape index (κ3) is 6.62. The molecule has 1 unspecified atom stereocenters. The second-order valence-electron chi connectivity index (χ2n) is 5.46. The van der Waals surface area contributed by atoms with Crippen LogP contribution in [0.15, 0.2) is 0 Å². The van der Waals surface area contributed by atoms with E-state index in [2.05, 4.69) is 5.32 Å². The Hall–Kier alpha value is -1.06. The van der Waals surface area contributed by atoms with Crippen molar-refractivity contribution < 1.29 is 14.7 Å². The Balaban J connectivity index is 2.20. The van der Waals surface area contributed by atoms with Crippen molar-refractivity contribution in [1.82, 2.24) is 5.32 Å². The van der Waals surface area contributed by atoms with Gasteiger partial charge in [-0.1, -0.05) is 25.7 Å². The first-order valence-corrected chi connectivity index (χ1v) is 7.09. The van der Waals surface area contributed by atoms with E-state index in [1.54, 1.807) is 0 Å². The zero-order chi connectivity index (χ0) is 13.4. The van der Waals surface area contributed by atoms with E-state index in [-0.39, 0.29) is 18.4 Å². The van der Waals surface area contributed by atoms with Gasteiger partial charge in [0.05, 0.1) is 0 Å². The highest BCUT2D eigenvalue weighted by molar-refractivity contribution is 5.76. The van der Waals surface area contributed by atoms with E-state index < -0.39 is 5.97 Å². The maximum absolute atomic E-state index is 11.8. The fraction of sp³-hybridized carbons (Fsp3) is 0.857. The second kappa shape index (κ2) is 8.11. The van der Waals surface area contributed by atoms with E-state index in [0.717, 1.165) is 12.8 Å². The summed E-state index contributed by atoms with van der Waals surface area (Å²) in [6.45, 7) is 1.87. The number of nitrogens with one attached hydrogen (secondary N) is 1. The number of carbonyl (C=O) groups is 2. The van der Waals surface area contributed by atoms with Crippen molar-refractivity contribution in [3.8, 4) is 0 Å². The van der Waals surface area contributed by atoms with Gasteiger partial charge in [-0.15, -0.1) is 0 Å². The van der Waals surface area contributed by atoms with E-state index in [9.17, 15) is 9.59 Å². The fourth-order valence-corrected chi connectivity index (χ4v) is 2.58. The molecule has 0 bridgehead atoms. The van der Waals surface area contributed by atoms with Crippen LogP contribution in [0.25, 0.3) is 0 Å². The lowest BCUT2D eigenvalue weighted by atomic mass is 9.96. The van der Waals surface area contributed by atoms with Crippen molar-refractivity contribution in [3.63, 3.8) is 0 Å². The van der Waals surface area contributed by atoms with Gasteiger partial charge in [0, 0.05) is 18.9 Å². The normalized spacial score (nSPS) is 18.9. The Morgan fingerprint density at radius 3 is 2.39 bits per heavy atom. The molecule has 0 spiro atoms. The summed E-state index contributed by atoms with van der Waals surface area (Å²) < 4.78 is 0. The predicted molar refractivity (Wildman–Crippen MR) is 70.3 cm³/mol. The Morgan fingerprint density at radius 1 is 1.22 bits per heavy atom. The summed E-state index contributed by atoms with van der Waals surface area (Å²) in [5, 5.41) is 11.5. The summed E-state index contributed by atoms with van der Waals surface area (Å²) in [7, 11) is 0. The van der Waals surface area contributed by atoms with E-state index in [0.29, 0.717) is 18.8 Å². The third-order valence-corrected chi connectivity index (χ3v) is 3.65. The first-order valence-electron chi connectivity index (χ1n) is 7.09. The monoisotopic (exact) mass is 255 g/mol. The molecule has 0 saturated heterocycles. The van der Waals surface area contributed by atoms with Gasteiger partial charge in [-0.2, -0.15) is 0 Å². The number of amides is 1. The van der Waals surface area contributed by atoms with Crippen LogP contribution in [0.2, 0.25) is 0 Å². The molecule has 1 rings (SSSR count). The second-order valence-corrected chi connectivity index (χ2v) is 5.46. The van der Waals surface area contributed by atoms with Gasteiger partial charge in [0.25, 0.3) is 0 Å². The molecule has 4 heteroatoms. The highest BCUT2D eigenvalue weighted by Gasteiger charge is 2.17. The molecule has 4 nitrogen and oxygen atoms in total. The topological polar surface area (TPSA) is 66.4 Å². The summed E-state index contributed by atoms with van der Waals surface area (Å²) in [6, 6.07) is -0.0422. The van der Waals surface area contributed by atoms with Crippen LogP contribution in [-0.4, -0.2) is 23.0 Å². The highest BCUT2D eigenvalue weighted by atomic mass is 16.4. The fourth-order valence-electron chi connectivity index (χ4n) is 2.58. The van der Waals surface area contributed by atoms with E-state index in [1.165, 1.54) is 25.7 Å². The molecule has 0 heterocycles. The average Bonchev–Trinajstić information content (AvgIpc) is 2.54. The lowest BCUT2D eigenvalue weighted by Gasteiger charge is -2.17. The summed E-state index contributed by atoms with van der Waals surface area (Å²) in [5.41, 5.74) is 0. The molecule has 0 aromatic rings. The van der Waals surface area contributed by atoms with Gasteiger partial charge in [-0.3, -0.25) is 9.59 Å². The minimum atomic E-state index is -0.806. The van der Waals surface area contributed by atoms with Crippen molar-refractivity contribution >= 4 is 11.9 Å². The van der Waals surface area contributed by atoms with Crippen molar-refractivity contribution in [2.75, 3.05) is 0 Å². The molecule has 0 aromatic carbocycles. The Labute approximate surface area is 109 Å². The average molecular weight is 255 g/mol. The summed E-state index contributed by atoms with van der Waals surface area (Å²) in [6.07, 6.45) is 8.64. The number of carboxylic acids is 1. The minimum Gasteiger partial charge on any atom is -0.481 e. The van der Waals surface area contributed by atoms with Crippen LogP contribution in [0.5, 0.6) is 0 Å². The quantitative estimate of drug-likeness (QED) is 0.717. The van der Waals surface area contributed by atoms with Crippen molar-refractivity contribution in [1.29, 1.82) is 0 Å². The molecular formula is C14H25NO3. The Morgan fingerprint density at radius 2 is 1.83 bits per heavy atom. The number of hydrogen-bond acceptors (Lipinski definition) is 2. The minimum absolute atomic E-state index is 0.0422. The van der Waals surface area contributed by atoms with Gasteiger partial charge in [0.2, 0.25) is 5.91 Å². The van der Waals surface area contributed by atoms with Crippen molar-refractivity contribution in [2.24, 2.45) is 5.92 Å². The van der Waals surface area contributed by atoms with E-state index in [1.807, 2.05) is 6.92 Å². The molecule has 104 valence electrons. The number of carbonyl (C=O) groups excluding carboxylic acids is 1. The standard InChI is InChI=1S/C14H25NO3/c1-11(8-9-14(17)18)15-13(16)10-12-6-4-2-3-5-7-12/h11-12H,2-10H2,1H3,(H,15,16)(H,17,18). The third-order valence-electron chi connectivity index (χ3n) is 3.65. The molecule has 2 N–H and O–H groups in total. The highest BCUT2D eigenvalue weighted by Crippen LogP contribution is 2.25. The van der Waals surface area contributed by atoms with Crippen LogP contribution in [0, 0.1) is 5.92 Å². The Bertz CT molecular complexity index is 270. The number of hydrogen-bond donors (Lipinski definition) is 2. The smallest absolute Gasteiger partial charge is 0.303 e. The number of carboxylic acid groups (broad SMARTS) is 1. The van der Waals surface area contributed by atoms with Crippen molar-refractivity contribution in [2.45, 2.75) is 70.8 Å². The molecule has 1 amide bonds. The molecular weight excluding hydrogens is 230 g/mol. The maximum Gasteiger partial charge on any atom is 0.303 e. The van der Waals surface area contributed by atoms with Gasteiger partial charge in [0.15, 0.2) is 0 Å². The summed E-state index contributed by atoms with van der Waals surface area (Å²) >= 11 is 0. The van der Waals surface area contributed by atoms with Gasteiger partial charge in [0.1, 0.15) is 0 Å². The first-order chi connectivity index (χ1) is 8.58. The van der Waals surface area contributed by atoms with Crippen LogP contribution >= 0.6 is 0 Å². The van der Waals surface area contributed by atoms with E-state index >= 15 is 0 Å². The zero-order valence-electron chi connectivity index (χ0n) is 11.3. The molecule has 1 atom stereocenters. The number of aliphatic carboxylic acids is 1. The number of rotatable bonds is 6. The van der Waals surface area contributed by atoms with Crippen LogP contribution in [0.4, 0.5) is 0 Å². The SMILES string of the molecule is CC(CCC(=O)O)NC(=O)CC1CCCCCC1. The van der Waals surface area contributed by atoms with Gasteiger partial charge in [-0.25, -0.2) is 0 Å². The first kappa shape index (κ1) is 15.0. The van der Waals surface area contributed by atoms with E-state index in [4.69, 9.17) is 5.11 Å². The molecule has 1 aliphatic rings. The summed E-state index contributed by atoms with van der Waals surface area (Å²) in [4.78, 5) is 22.3. The zero-order valence-corrected chi connectivity index (χ0v) is 11.3. The molecule has 1 fully saturated rings. The van der Waals surface area contributed by atoms with Gasteiger partial charge < -0.3 is 10.4 Å².